The van der Waals surface area contributed by atoms with Gasteiger partial charge in [0.15, 0.2) is 5.82 Å². The molecule has 0 spiro atoms. The molecule has 0 aliphatic heterocycles. The zero-order valence-electron chi connectivity index (χ0n) is 18.4. The minimum atomic E-state index is 0.436. The van der Waals surface area contributed by atoms with Gasteiger partial charge in [0, 0.05) is 10.9 Å². The van der Waals surface area contributed by atoms with Crippen molar-refractivity contribution in [2.75, 3.05) is 7.11 Å². The summed E-state index contributed by atoms with van der Waals surface area (Å²) in [6.45, 7) is 0.436. The molecule has 2 aromatic heterocycles. The summed E-state index contributed by atoms with van der Waals surface area (Å²) < 4.78 is 11.7. The molecule has 0 bridgehead atoms. The van der Waals surface area contributed by atoms with E-state index in [2.05, 4.69) is 50.5 Å². The number of pyridine rings is 1. The summed E-state index contributed by atoms with van der Waals surface area (Å²) in [6.07, 6.45) is 3.24. The van der Waals surface area contributed by atoms with Gasteiger partial charge in [0.2, 0.25) is 0 Å². The molecule has 0 unspecified atom stereocenters. The molecule has 0 aliphatic rings. The molecule has 2 heterocycles. The van der Waals surface area contributed by atoms with Crippen LogP contribution < -0.4 is 9.47 Å². The summed E-state index contributed by atoms with van der Waals surface area (Å²) >= 11 is 0. The van der Waals surface area contributed by atoms with Crippen molar-refractivity contribution in [1.29, 1.82) is 0 Å². The van der Waals surface area contributed by atoms with E-state index in [4.69, 9.17) is 9.47 Å². The van der Waals surface area contributed by atoms with E-state index in [-0.39, 0.29) is 0 Å². The molecule has 0 saturated heterocycles. The number of H-pyrrole nitrogens is 1. The van der Waals surface area contributed by atoms with Crippen LogP contribution in [0.4, 0.5) is 0 Å². The van der Waals surface area contributed by atoms with Gasteiger partial charge in [-0.05, 0) is 54.3 Å². The number of ether oxygens (including phenoxy) is 2. The lowest BCUT2D eigenvalue weighted by Crippen LogP contribution is -2.00. The molecule has 33 heavy (non-hydrogen) atoms. The van der Waals surface area contributed by atoms with Crippen LogP contribution in [0.25, 0.3) is 22.3 Å². The van der Waals surface area contributed by atoms with Crippen LogP contribution in [-0.4, -0.2) is 27.3 Å². The minimum absolute atomic E-state index is 0.436. The van der Waals surface area contributed by atoms with Gasteiger partial charge in [-0.15, -0.1) is 0 Å². The fraction of sp³-hybridized carbons (Fsp3) is 0.148. The first-order valence-corrected chi connectivity index (χ1v) is 10.9. The van der Waals surface area contributed by atoms with Crippen LogP contribution in [0.3, 0.4) is 0 Å². The van der Waals surface area contributed by atoms with Crippen molar-refractivity contribution in [3.63, 3.8) is 0 Å². The number of benzene rings is 3. The highest BCUT2D eigenvalue weighted by Crippen LogP contribution is 2.27. The van der Waals surface area contributed by atoms with Crippen molar-refractivity contribution in [3.8, 4) is 22.9 Å². The van der Waals surface area contributed by atoms with E-state index in [1.54, 1.807) is 7.11 Å². The number of rotatable bonds is 8. The number of nitrogens with one attached hydrogen (secondary N) is 1. The lowest BCUT2D eigenvalue weighted by molar-refractivity contribution is 0.301. The Hall–Kier alpha value is -4.19. The van der Waals surface area contributed by atoms with Crippen molar-refractivity contribution in [1.82, 2.24) is 20.2 Å². The molecule has 164 valence electrons. The number of nitrogens with zero attached hydrogens (tertiary/aromatic N) is 3. The third kappa shape index (κ3) is 4.85. The number of aromatic amines is 1. The highest BCUT2D eigenvalue weighted by Gasteiger charge is 2.09. The van der Waals surface area contributed by atoms with E-state index < -0.39 is 0 Å². The van der Waals surface area contributed by atoms with Crippen LogP contribution in [0.1, 0.15) is 16.8 Å². The van der Waals surface area contributed by atoms with Crippen LogP contribution >= 0.6 is 0 Å². The average Bonchev–Trinajstić information content (AvgIpc) is 3.41. The third-order valence-corrected chi connectivity index (χ3v) is 5.60. The summed E-state index contributed by atoms with van der Waals surface area (Å²) in [5.41, 5.74) is 5.20. The summed E-state index contributed by atoms with van der Waals surface area (Å²) in [4.78, 5) is 8.89. The Morgan fingerprint density at radius 2 is 1.82 bits per heavy atom. The maximum Gasteiger partial charge on any atom is 0.155 e. The van der Waals surface area contributed by atoms with E-state index in [0.29, 0.717) is 6.61 Å². The normalized spacial score (nSPS) is 10.9. The van der Waals surface area contributed by atoms with Gasteiger partial charge in [-0.2, -0.15) is 5.10 Å². The maximum absolute atomic E-state index is 6.03. The van der Waals surface area contributed by atoms with Crippen LogP contribution in [0.15, 0.2) is 85.2 Å². The van der Waals surface area contributed by atoms with Gasteiger partial charge in [-0.3, -0.25) is 5.10 Å². The largest absolute Gasteiger partial charge is 0.496 e. The van der Waals surface area contributed by atoms with Gasteiger partial charge in [-0.1, -0.05) is 48.5 Å². The Morgan fingerprint density at radius 1 is 0.879 bits per heavy atom. The SMILES string of the molecule is COc1cc(-c2ncn[nH]2)ccc1CCc1cccc(OCc2ccc3ccccc3n2)c1. The molecule has 6 nitrogen and oxygen atoms in total. The van der Waals surface area contributed by atoms with Gasteiger partial charge < -0.3 is 9.47 Å². The Labute approximate surface area is 192 Å². The van der Waals surface area contributed by atoms with Crippen molar-refractivity contribution < 1.29 is 9.47 Å². The molecule has 6 heteroatoms. The van der Waals surface area contributed by atoms with Crippen LogP contribution in [0.2, 0.25) is 0 Å². The predicted octanol–water partition coefficient (Wildman–Crippen LogP) is 5.39. The molecule has 3 aromatic carbocycles. The van der Waals surface area contributed by atoms with E-state index in [9.17, 15) is 0 Å². The first-order chi connectivity index (χ1) is 16.3. The number of aromatic nitrogens is 4. The van der Waals surface area contributed by atoms with Crippen molar-refractivity contribution in [2.24, 2.45) is 0 Å². The topological polar surface area (TPSA) is 72.9 Å². The molecule has 1 N–H and O–H groups in total. The lowest BCUT2D eigenvalue weighted by Gasteiger charge is -2.11. The summed E-state index contributed by atoms with van der Waals surface area (Å²) in [6, 6.07) is 26.5. The smallest absolute Gasteiger partial charge is 0.155 e. The predicted molar refractivity (Wildman–Crippen MR) is 128 cm³/mol. The first kappa shape index (κ1) is 20.7. The Morgan fingerprint density at radius 3 is 2.70 bits per heavy atom. The van der Waals surface area contributed by atoms with Crippen LogP contribution in [0, 0.1) is 0 Å². The van der Waals surface area contributed by atoms with Gasteiger partial charge in [0.25, 0.3) is 0 Å². The van der Waals surface area contributed by atoms with Crippen molar-refractivity contribution in [2.45, 2.75) is 19.4 Å². The van der Waals surface area contributed by atoms with E-state index in [0.717, 1.165) is 57.9 Å². The molecular weight excluding hydrogens is 412 g/mol. The average molecular weight is 437 g/mol. The Bertz CT molecular complexity index is 1370. The van der Waals surface area contributed by atoms with Crippen molar-refractivity contribution in [3.05, 3.63) is 102 Å². The Balaban J connectivity index is 1.24. The zero-order valence-corrected chi connectivity index (χ0v) is 18.4. The minimum Gasteiger partial charge on any atom is -0.496 e. The fourth-order valence-corrected chi connectivity index (χ4v) is 3.86. The van der Waals surface area contributed by atoms with Gasteiger partial charge >= 0.3 is 0 Å². The summed E-state index contributed by atoms with van der Waals surface area (Å²) in [5.74, 6) is 2.42. The monoisotopic (exact) mass is 436 g/mol. The number of hydrogen-bond donors (Lipinski definition) is 1. The van der Waals surface area contributed by atoms with Crippen LogP contribution in [0.5, 0.6) is 11.5 Å². The molecule has 0 atom stereocenters. The highest BCUT2D eigenvalue weighted by molar-refractivity contribution is 5.78. The zero-order chi connectivity index (χ0) is 22.5. The number of para-hydroxylation sites is 1. The van der Waals surface area contributed by atoms with Crippen molar-refractivity contribution >= 4 is 10.9 Å². The summed E-state index contributed by atoms with van der Waals surface area (Å²) in [5, 5.41) is 7.93. The second kappa shape index (κ2) is 9.53. The maximum atomic E-state index is 6.03. The molecule has 0 saturated carbocycles. The van der Waals surface area contributed by atoms with Gasteiger partial charge in [0.1, 0.15) is 24.4 Å². The standard InChI is InChI=1S/C27H24N4O2/c1-32-26-16-22(27-28-18-29-31-27)12-11-21(26)10-9-19-5-4-7-24(15-19)33-17-23-14-13-20-6-2-3-8-25(20)30-23/h2-8,11-16,18H,9-10,17H2,1H3,(H,28,29,31). The fourth-order valence-electron chi connectivity index (χ4n) is 3.86. The molecule has 5 rings (SSSR count). The molecule has 5 aromatic rings. The number of methoxy groups -OCH3 is 1. The molecule has 0 fully saturated rings. The summed E-state index contributed by atoms with van der Waals surface area (Å²) in [7, 11) is 1.69. The molecule has 0 radical (unpaired) electrons. The van der Waals surface area contributed by atoms with Gasteiger partial charge in [0.05, 0.1) is 18.3 Å². The quantitative estimate of drug-likeness (QED) is 0.353. The van der Waals surface area contributed by atoms with E-state index in [1.165, 1.54) is 11.9 Å². The molecule has 0 aliphatic carbocycles. The van der Waals surface area contributed by atoms with E-state index >= 15 is 0 Å². The highest BCUT2D eigenvalue weighted by atomic mass is 16.5. The molecule has 0 amide bonds. The van der Waals surface area contributed by atoms with E-state index in [1.807, 2.05) is 48.5 Å². The Kier molecular flexibility index (Phi) is 5.97. The van der Waals surface area contributed by atoms with Gasteiger partial charge in [-0.25, -0.2) is 9.97 Å². The number of hydrogen-bond acceptors (Lipinski definition) is 5. The number of aryl methyl sites for hydroxylation is 2. The third-order valence-electron chi connectivity index (χ3n) is 5.60. The lowest BCUT2D eigenvalue weighted by atomic mass is 10.0. The molecular formula is C27H24N4O2. The second-order valence-electron chi connectivity index (χ2n) is 7.79. The first-order valence-electron chi connectivity index (χ1n) is 10.9. The van der Waals surface area contributed by atoms with Crippen LogP contribution in [-0.2, 0) is 19.4 Å². The second-order valence-corrected chi connectivity index (χ2v) is 7.79. The number of fused-ring (bicyclic) bond motifs is 1.